The molecule has 1 unspecified atom stereocenters. The van der Waals surface area contributed by atoms with Crippen LogP contribution in [0.2, 0.25) is 0 Å². The van der Waals surface area contributed by atoms with Gasteiger partial charge in [0.15, 0.2) is 0 Å². The van der Waals surface area contributed by atoms with Crippen LogP contribution in [0.1, 0.15) is 12.0 Å². The number of nitrogens with zero attached hydrogens (tertiary/aromatic N) is 4. The number of nitrogens with two attached hydrogens (primary N) is 1. The van der Waals surface area contributed by atoms with E-state index in [4.69, 9.17) is 5.14 Å². The molecular weight excluding hydrogens is 495 g/mol. The standard InChI is InChI=1S/C20H14F3N5O4S2/c21-20(22,23)12-3-1-11(2-4-12)15-10-25-27-19(26-15)33-16-9-17(29)28(18(16)30)13-5-7-14(8-6-13)34(24,31)32/h1-8,10,16H,9H2,(H2,24,31,32). The van der Waals surface area contributed by atoms with Crippen molar-refractivity contribution in [2.45, 2.75) is 27.9 Å². The van der Waals surface area contributed by atoms with E-state index in [-0.39, 0.29) is 27.9 Å². The van der Waals surface area contributed by atoms with Crippen LogP contribution in [0.25, 0.3) is 11.3 Å². The molecule has 2 amide bonds. The summed E-state index contributed by atoms with van der Waals surface area (Å²) in [6, 6.07) is 9.30. The Hall–Kier alpha value is -3.36. The zero-order valence-electron chi connectivity index (χ0n) is 16.9. The molecule has 0 bridgehead atoms. The molecule has 1 aliphatic heterocycles. The van der Waals surface area contributed by atoms with Crippen molar-refractivity contribution < 1.29 is 31.2 Å². The fourth-order valence-corrected chi connectivity index (χ4v) is 4.63. The highest BCUT2D eigenvalue weighted by Crippen LogP contribution is 2.34. The minimum absolute atomic E-state index is 0.0648. The number of anilines is 1. The molecule has 2 heterocycles. The molecule has 1 atom stereocenters. The number of sulfonamides is 1. The van der Waals surface area contributed by atoms with Crippen molar-refractivity contribution in [2.75, 3.05) is 4.90 Å². The SMILES string of the molecule is NS(=O)(=O)c1ccc(N2C(=O)CC(Sc3nncc(-c4ccc(C(F)(F)F)cc4)n3)C2=O)cc1. The molecule has 1 fully saturated rings. The first-order chi connectivity index (χ1) is 15.9. The summed E-state index contributed by atoms with van der Waals surface area (Å²) in [5.74, 6) is -1.06. The summed E-state index contributed by atoms with van der Waals surface area (Å²) >= 11 is 0.892. The topological polar surface area (TPSA) is 136 Å². The van der Waals surface area contributed by atoms with Crippen LogP contribution in [0.5, 0.6) is 0 Å². The number of hydrogen-bond acceptors (Lipinski definition) is 8. The molecule has 1 saturated heterocycles. The maximum atomic E-state index is 12.8. The number of hydrogen-bond donors (Lipinski definition) is 1. The number of amides is 2. The Morgan fingerprint density at radius 3 is 2.26 bits per heavy atom. The van der Waals surface area contributed by atoms with Crippen LogP contribution in [0.3, 0.4) is 0 Å². The average molecular weight is 509 g/mol. The quantitative estimate of drug-likeness (QED) is 0.519. The largest absolute Gasteiger partial charge is 0.416 e. The van der Waals surface area contributed by atoms with Crippen molar-refractivity contribution in [3.8, 4) is 11.3 Å². The number of thioether (sulfide) groups is 1. The monoisotopic (exact) mass is 509 g/mol. The molecule has 0 aliphatic carbocycles. The summed E-state index contributed by atoms with van der Waals surface area (Å²) in [5.41, 5.74) is -0.00301. The maximum absolute atomic E-state index is 12.8. The Balaban J connectivity index is 1.51. The fourth-order valence-electron chi connectivity index (χ4n) is 3.19. The second kappa shape index (κ2) is 8.77. The van der Waals surface area contributed by atoms with Crippen LogP contribution < -0.4 is 10.0 Å². The smallest absolute Gasteiger partial charge is 0.274 e. The van der Waals surface area contributed by atoms with Gasteiger partial charge in [0.25, 0.3) is 0 Å². The van der Waals surface area contributed by atoms with Crippen molar-refractivity contribution in [1.82, 2.24) is 15.2 Å². The van der Waals surface area contributed by atoms with Gasteiger partial charge >= 0.3 is 6.18 Å². The summed E-state index contributed by atoms with van der Waals surface area (Å²) in [6.45, 7) is 0. The fraction of sp³-hybridized carbons (Fsp3) is 0.150. The number of carbonyl (C=O) groups excluding carboxylic acids is 2. The first-order valence-corrected chi connectivity index (χ1v) is 11.9. The molecule has 14 heteroatoms. The van der Waals surface area contributed by atoms with Crippen molar-refractivity contribution in [3.63, 3.8) is 0 Å². The number of aromatic nitrogens is 3. The number of alkyl halides is 3. The van der Waals surface area contributed by atoms with Crippen LogP contribution >= 0.6 is 11.8 Å². The minimum Gasteiger partial charge on any atom is -0.274 e. The Kier molecular flexibility index (Phi) is 6.14. The highest BCUT2D eigenvalue weighted by molar-refractivity contribution is 8.00. The molecule has 0 radical (unpaired) electrons. The Morgan fingerprint density at radius 2 is 1.68 bits per heavy atom. The minimum atomic E-state index is -4.47. The van der Waals surface area contributed by atoms with E-state index in [1.165, 1.54) is 42.6 Å². The molecule has 2 aromatic carbocycles. The molecule has 34 heavy (non-hydrogen) atoms. The van der Waals surface area contributed by atoms with Crippen molar-refractivity contribution in [3.05, 3.63) is 60.3 Å². The molecule has 1 aromatic heterocycles. The summed E-state index contributed by atoms with van der Waals surface area (Å²) < 4.78 is 61.1. The van der Waals surface area contributed by atoms with Crippen LogP contribution in [0.4, 0.5) is 18.9 Å². The van der Waals surface area contributed by atoms with E-state index in [1.54, 1.807) is 0 Å². The molecular formula is C20H14F3N5O4S2. The van der Waals surface area contributed by atoms with Crippen molar-refractivity contribution >= 4 is 39.3 Å². The number of primary sulfonamides is 1. The third-order valence-corrected chi connectivity index (χ3v) is 6.79. The third-order valence-electron chi connectivity index (χ3n) is 4.82. The zero-order valence-corrected chi connectivity index (χ0v) is 18.6. The first kappa shape index (κ1) is 23.8. The van der Waals surface area contributed by atoms with E-state index >= 15 is 0 Å². The van der Waals surface area contributed by atoms with Crippen LogP contribution in [0, 0.1) is 0 Å². The molecule has 176 valence electrons. The predicted octanol–water partition coefficient (Wildman–Crippen LogP) is 2.63. The van der Waals surface area contributed by atoms with Gasteiger partial charge in [0.05, 0.1) is 28.0 Å². The second-order valence-electron chi connectivity index (χ2n) is 7.12. The lowest BCUT2D eigenvalue weighted by Gasteiger charge is -2.15. The molecule has 3 aromatic rings. The van der Waals surface area contributed by atoms with Crippen LogP contribution in [-0.4, -0.2) is 40.7 Å². The van der Waals surface area contributed by atoms with Crippen LogP contribution in [0.15, 0.2) is 64.8 Å². The molecule has 9 nitrogen and oxygen atoms in total. The second-order valence-corrected chi connectivity index (χ2v) is 9.85. The number of benzene rings is 2. The van der Waals surface area contributed by atoms with E-state index in [1.807, 2.05) is 0 Å². The summed E-state index contributed by atoms with van der Waals surface area (Å²) in [4.78, 5) is 30.3. The lowest BCUT2D eigenvalue weighted by Crippen LogP contribution is -2.31. The predicted molar refractivity (Wildman–Crippen MR) is 115 cm³/mol. The van der Waals surface area contributed by atoms with Gasteiger partial charge in [-0.1, -0.05) is 23.9 Å². The summed E-state index contributed by atoms with van der Waals surface area (Å²) in [5, 5.41) is 11.9. The Bertz CT molecular complexity index is 1360. The average Bonchev–Trinajstić information content (AvgIpc) is 3.05. The van der Waals surface area contributed by atoms with Gasteiger partial charge in [-0.05, 0) is 36.4 Å². The molecule has 0 saturated carbocycles. The molecule has 4 rings (SSSR count). The Morgan fingerprint density at radius 1 is 1.03 bits per heavy atom. The van der Waals surface area contributed by atoms with Gasteiger partial charge in [0, 0.05) is 12.0 Å². The molecule has 1 aliphatic rings. The van der Waals surface area contributed by atoms with Gasteiger partial charge in [-0.3, -0.25) is 9.59 Å². The maximum Gasteiger partial charge on any atom is 0.416 e. The summed E-state index contributed by atoms with van der Waals surface area (Å²) in [6.07, 6.45) is -3.36. The van der Waals surface area contributed by atoms with Gasteiger partial charge < -0.3 is 0 Å². The van der Waals surface area contributed by atoms with Crippen molar-refractivity contribution in [2.24, 2.45) is 5.14 Å². The third kappa shape index (κ3) is 4.93. The van der Waals surface area contributed by atoms with Gasteiger partial charge in [-0.25, -0.2) is 23.4 Å². The van der Waals surface area contributed by atoms with E-state index in [2.05, 4.69) is 15.2 Å². The van der Waals surface area contributed by atoms with E-state index < -0.39 is 38.8 Å². The lowest BCUT2D eigenvalue weighted by atomic mass is 10.1. The molecule has 0 spiro atoms. The first-order valence-electron chi connectivity index (χ1n) is 9.47. The zero-order chi connectivity index (χ0) is 24.7. The number of carbonyl (C=O) groups is 2. The van der Waals surface area contributed by atoms with Gasteiger partial charge in [0.1, 0.15) is 5.25 Å². The number of rotatable bonds is 5. The highest BCUT2D eigenvalue weighted by atomic mass is 32.2. The highest BCUT2D eigenvalue weighted by Gasteiger charge is 2.41. The summed E-state index contributed by atoms with van der Waals surface area (Å²) in [7, 11) is -3.93. The lowest BCUT2D eigenvalue weighted by molar-refractivity contribution is -0.137. The van der Waals surface area contributed by atoms with Crippen LogP contribution in [-0.2, 0) is 25.8 Å². The number of imide groups is 1. The van der Waals surface area contributed by atoms with E-state index in [0.717, 1.165) is 28.8 Å². The van der Waals surface area contributed by atoms with Crippen molar-refractivity contribution in [1.29, 1.82) is 0 Å². The Labute approximate surface area is 195 Å². The van der Waals surface area contributed by atoms with E-state index in [9.17, 15) is 31.2 Å². The van der Waals surface area contributed by atoms with E-state index in [0.29, 0.717) is 5.56 Å². The molecule has 2 N–H and O–H groups in total. The van der Waals surface area contributed by atoms with Gasteiger partial charge in [0.2, 0.25) is 27.0 Å². The van der Waals surface area contributed by atoms with Gasteiger partial charge in [-0.2, -0.15) is 18.3 Å². The normalized spacial score (nSPS) is 16.8. The van der Waals surface area contributed by atoms with Gasteiger partial charge in [-0.15, -0.1) is 5.10 Å². The number of halogens is 3.